The molecule has 0 fully saturated rings. The second-order valence-corrected chi connectivity index (χ2v) is 8.03. The Hall–Kier alpha value is -2.71. The van der Waals surface area contributed by atoms with E-state index in [0.29, 0.717) is 19.4 Å². The number of sulfonamides is 1. The van der Waals surface area contributed by atoms with Crippen molar-refractivity contribution in [2.45, 2.75) is 30.7 Å². The molecular weight excluding hydrogens is 366 g/mol. The number of fused-ring (bicyclic) bond motifs is 1. The van der Waals surface area contributed by atoms with Gasteiger partial charge in [-0.15, -0.1) is 0 Å². The summed E-state index contributed by atoms with van der Waals surface area (Å²) in [5.74, 6) is -0.374. The summed E-state index contributed by atoms with van der Waals surface area (Å²) in [6, 6.07) is 13.2. The summed E-state index contributed by atoms with van der Waals surface area (Å²) in [4.78, 5) is 26.2. The Labute approximate surface area is 158 Å². The molecule has 1 atom stereocenters. The maximum absolute atomic E-state index is 12.6. The molecule has 7 nitrogen and oxygen atoms in total. The molecule has 1 aliphatic heterocycles. The van der Waals surface area contributed by atoms with E-state index in [0.717, 1.165) is 16.8 Å². The number of carbonyl (C=O) groups excluding carboxylic acids is 2. The molecule has 3 N–H and O–H groups in total. The molecule has 0 aromatic heterocycles. The van der Waals surface area contributed by atoms with Crippen LogP contribution in [0.4, 0.5) is 5.69 Å². The van der Waals surface area contributed by atoms with E-state index in [1.165, 1.54) is 24.0 Å². The molecule has 27 heavy (non-hydrogen) atoms. The van der Waals surface area contributed by atoms with Crippen LogP contribution in [0.5, 0.6) is 0 Å². The number of hydrogen-bond acceptors (Lipinski definition) is 4. The molecule has 2 aromatic carbocycles. The van der Waals surface area contributed by atoms with Crippen LogP contribution < -0.4 is 15.4 Å². The molecule has 142 valence electrons. The van der Waals surface area contributed by atoms with Crippen LogP contribution in [0.3, 0.4) is 0 Å². The van der Waals surface area contributed by atoms with E-state index in [4.69, 9.17) is 5.14 Å². The molecule has 1 aliphatic rings. The van der Waals surface area contributed by atoms with Gasteiger partial charge in [-0.05, 0) is 35.7 Å². The van der Waals surface area contributed by atoms with E-state index in [-0.39, 0.29) is 16.7 Å². The van der Waals surface area contributed by atoms with Gasteiger partial charge in [-0.25, -0.2) is 13.6 Å². The number of amides is 2. The molecule has 0 aliphatic carbocycles. The lowest BCUT2D eigenvalue weighted by molar-refractivity contribution is -0.125. The van der Waals surface area contributed by atoms with Crippen molar-refractivity contribution in [3.8, 4) is 0 Å². The van der Waals surface area contributed by atoms with E-state index in [2.05, 4.69) is 5.32 Å². The van der Waals surface area contributed by atoms with E-state index in [9.17, 15) is 18.0 Å². The zero-order chi connectivity index (χ0) is 19.6. The van der Waals surface area contributed by atoms with Crippen molar-refractivity contribution in [1.82, 2.24) is 5.32 Å². The van der Waals surface area contributed by atoms with Gasteiger partial charge in [0.1, 0.15) is 6.04 Å². The number of benzene rings is 2. The summed E-state index contributed by atoms with van der Waals surface area (Å²) in [6.45, 7) is 1.83. The maximum Gasteiger partial charge on any atom is 0.243 e. The first kappa shape index (κ1) is 19.1. The van der Waals surface area contributed by atoms with Crippen LogP contribution in [0.2, 0.25) is 0 Å². The van der Waals surface area contributed by atoms with Crippen LogP contribution >= 0.6 is 0 Å². The predicted molar refractivity (Wildman–Crippen MR) is 102 cm³/mol. The summed E-state index contributed by atoms with van der Waals surface area (Å²) >= 11 is 0. The molecule has 3 rings (SSSR count). The topological polar surface area (TPSA) is 110 Å². The van der Waals surface area contributed by atoms with Crippen LogP contribution in [0.15, 0.2) is 53.4 Å². The number of carbonyl (C=O) groups is 2. The Kier molecular flexibility index (Phi) is 5.29. The van der Waals surface area contributed by atoms with Crippen LogP contribution in [0.1, 0.15) is 18.1 Å². The molecule has 2 amide bonds. The second kappa shape index (κ2) is 7.50. The fourth-order valence-electron chi connectivity index (χ4n) is 3.28. The maximum atomic E-state index is 12.6. The van der Waals surface area contributed by atoms with Crippen molar-refractivity contribution < 1.29 is 18.0 Å². The fourth-order valence-corrected chi connectivity index (χ4v) is 3.79. The predicted octanol–water partition coefficient (Wildman–Crippen LogP) is 0.971. The number of primary sulfonamides is 1. The van der Waals surface area contributed by atoms with Gasteiger partial charge < -0.3 is 5.32 Å². The van der Waals surface area contributed by atoms with Crippen molar-refractivity contribution in [2.24, 2.45) is 5.14 Å². The van der Waals surface area contributed by atoms with Gasteiger partial charge >= 0.3 is 0 Å². The van der Waals surface area contributed by atoms with Gasteiger partial charge in [0.15, 0.2) is 0 Å². The largest absolute Gasteiger partial charge is 0.354 e. The third-order valence-electron chi connectivity index (χ3n) is 4.58. The molecule has 0 saturated heterocycles. The van der Waals surface area contributed by atoms with Gasteiger partial charge in [0.05, 0.1) is 4.90 Å². The summed E-state index contributed by atoms with van der Waals surface area (Å²) in [5, 5.41) is 7.94. The second-order valence-electron chi connectivity index (χ2n) is 6.47. The summed E-state index contributed by atoms with van der Waals surface area (Å²) in [6.07, 6.45) is 1.03. The minimum absolute atomic E-state index is 0.0519. The van der Waals surface area contributed by atoms with E-state index in [1.807, 2.05) is 24.3 Å². The lowest BCUT2D eigenvalue weighted by Gasteiger charge is -2.23. The minimum Gasteiger partial charge on any atom is -0.354 e. The van der Waals surface area contributed by atoms with E-state index < -0.39 is 16.1 Å². The van der Waals surface area contributed by atoms with Crippen molar-refractivity contribution in [3.05, 3.63) is 59.7 Å². The van der Waals surface area contributed by atoms with E-state index in [1.54, 1.807) is 12.1 Å². The molecule has 0 saturated carbocycles. The first-order chi connectivity index (χ1) is 12.8. The van der Waals surface area contributed by atoms with Crippen molar-refractivity contribution in [3.63, 3.8) is 0 Å². The number of nitrogens with two attached hydrogens (primary N) is 1. The Morgan fingerprint density at radius 3 is 2.44 bits per heavy atom. The molecule has 0 unspecified atom stereocenters. The monoisotopic (exact) mass is 387 g/mol. The Balaban J connectivity index is 1.60. The first-order valence-corrected chi connectivity index (χ1v) is 10.1. The summed E-state index contributed by atoms with van der Waals surface area (Å²) < 4.78 is 22.5. The SMILES string of the molecule is CC(=O)N1c2ccccc2C[C@@H]1C(=O)NCCc1ccc(S(N)(=O)=O)cc1. The highest BCUT2D eigenvalue weighted by Crippen LogP contribution is 2.32. The Bertz CT molecular complexity index is 971. The van der Waals surface area contributed by atoms with Crippen LogP contribution in [0, 0.1) is 0 Å². The average Bonchev–Trinajstić information content (AvgIpc) is 3.01. The number of nitrogens with zero attached hydrogens (tertiary/aromatic N) is 1. The average molecular weight is 387 g/mol. The molecule has 2 aromatic rings. The van der Waals surface area contributed by atoms with Crippen molar-refractivity contribution >= 4 is 27.5 Å². The standard InChI is InChI=1S/C19H21N3O4S/c1-13(23)22-17-5-3-2-4-15(17)12-18(22)19(24)21-11-10-14-6-8-16(9-7-14)27(20,25)26/h2-9,18H,10-12H2,1H3,(H,21,24)(H2,20,25,26)/t18-/m1/s1. The quantitative estimate of drug-likeness (QED) is 0.796. The zero-order valence-corrected chi connectivity index (χ0v) is 15.7. The zero-order valence-electron chi connectivity index (χ0n) is 14.9. The van der Waals surface area contributed by atoms with Gasteiger partial charge in [-0.3, -0.25) is 14.5 Å². The van der Waals surface area contributed by atoms with Gasteiger partial charge in [0.25, 0.3) is 0 Å². The molecular formula is C19H21N3O4S. The highest BCUT2D eigenvalue weighted by molar-refractivity contribution is 7.89. The van der Waals surface area contributed by atoms with Gasteiger partial charge in [0, 0.05) is 25.6 Å². The van der Waals surface area contributed by atoms with Gasteiger partial charge in [0.2, 0.25) is 21.8 Å². The highest BCUT2D eigenvalue weighted by Gasteiger charge is 2.36. The van der Waals surface area contributed by atoms with Crippen molar-refractivity contribution in [1.29, 1.82) is 0 Å². The lowest BCUT2D eigenvalue weighted by Crippen LogP contribution is -2.47. The van der Waals surface area contributed by atoms with Crippen molar-refractivity contribution in [2.75, 3.05) is 11.4 Å². The van der Waals surface area contributed by atoms with Crippen LogP contribution in [0.25, 0.3) is 0 Å². The normalized spacial score (nSPS) is 16.1. The molecule has 8 heteroatoms. The number of anilines is 1. The number of nitrogens with one attached hydrogen (secondary N) is 1. The molecule has 0 radical (unpaired) electrons. The summed E-state index contributed by atoms with van der Waals surface area (Å²) in [7, 11) is -3.71. The Morgan fingerprint density at radius 2 is 1.81 bits per heavy atom. The number of hydrogen-bond donors (Lipinski definition) is 2. The van der Waals surface area contributed by atoms with E-state index >= 15 is 0 Å². The van der Waals surface area contributed by atoms with Gasteiger partial charge in [-0.1, -0.05) is 30.3 Å². The molecule has 0 bridgehead atoms. The first-order valence-electron chi connectivity index (χ1n) is 8.54. The third kappa shape index (κ3) is 4.17. The fraction of sp³-hybridized carbons (Fsp3) is 0.263. The van der Waals surface area contributed by atoms with Crippen LogP contribution in [-0.4, -0.2) is 32.8 Å². The smallest absolute Gasteiger partial charge is 0.243 e. The summed E-state index contributed by atoms with van der Waals surface area (Å²) in [5.41, 5.74) is 2.64. The number of rotatable bonds is 5. The highest BCUT2D eigenvalue weighted by atomic mass is 32.2. The van der Waals surface area contributed by atoms with Gasteiger partial charge in [-0.2, -0.15) is 0 Å². The van der Waals surface area contributed by atoms with Crippen LogP contribution in [-0.2, 0) is 32.5 Å². The molecule has 0 spiro atoms. The minimum atomic E-state index is -3.71. The number of para-hydroxylation sites is 1. The lowest BCUT2D eigenvalue weighted by atomic mass is 10.1. The third-order valence-corrected chi connectivity index (χ3v) is 5.51. The Morgan fingerprint density at radius 1 is 1.15 bits per heavy atom. The molecule has 1 heterocycles.